The number of nitrogens with two attached hydrogens (primary N) is 1. The van der Waals surface area contributed by atoms with Crippen molar-refractivity contribution in [2.45, 2.75) is 39.7 Å². The Balaban J connectivity index is 3.00. The van der Waals surface area contributed by atoms with Crippen LogP contribution in [-0.2, 0) is 0 Å². The molecule has 0 aliphatic heterocycles. The van der Waals surface area contributed by atoms with E-state index in [9.17, 15) is 0 Å². The summed E-state index contributed by atoms with van der Waals surface area (Å²) in [6.45, 7) is 8.63. The van der Waals surface area contributed by atoms with E-state index < -0.39 is 0 Å². The predicted octanol–water partition coefficient (Wildman–Crippen LogP) is 3.44. The Morgan fingerprint density at radius 2 is 2.20 bits per heavy atom. The van der Waals surface area contributed by atoms with Gasteiger partial charge < -0.3 is 5.73 Å². The first-order valence-corrected chi connectivity index (χ1v) is 5.78. The van der Waals surface area contributed by atoms with Gasteiger partial charge in [-0.3, -0.25) is 0 Å². The average molecular weight is 205 g/mol. The normalized spacial score (nSPS) is 25.7. The van der Waals surface area contributed by atoms with Gasteiger partial charge in [0, 0.05) is 11.5 Å². The zero-order chi connectivity index (χ0) is 11.5. The third kappa shape index (κ3) is 2.40. The zero-order valence-corrected chi connectivity index (χ0v) is 10.3. The van der Waals surface area contributed by atoms with Crippen LogP contribution in [0.3, 0.4) is 0 Å². The van der Waals surface area contributed by atoms with Crippen molar-refractivity contribution in [3.05, 3.63) is 36.0 Å². The topological polar surface area (TPSA) is 26.0 Å². The Morgan fingerprint density at radius 3 is 2.67 bits per heavy atom. The highest BCUT2D eigenvalue weighted by Gasteiger charge is 2.36. The summed E-state index contributed by atoms with van der Waals surface area (Å²) < 4.78 is 0. The van der Waals surface area contributed by atoms with Crippen LogP contribution >= 0.6 is 0 Å². The number of hydrogen-bond acceptors (Lipinski definition) is 1. The van der Waals surface area contributed by atoms with Crippen LogP contribution in [0.25, 0.3) is 0 Å². The minimum atomic E-state index is -0.208. The zero-order valence-electron chi connectivity index (χ0n) is 10.3. The lowest BCUT2D eigenvalue weighted by Crippen LogP contribution is -2.50. The molecule has 1 heteroatoms. The lowest BCUT2D eigenvalue weighted by molar-refractivity contribution is 0.285. The summed E-state index contributed by atoms with van der Waals surface area (Å²) in [5.41, 5.74) is 7.74. The van der Waals surface area contributed by atoms with Crippen LogP contribution in [-0.4, -0.2) is 5.54 Å². The van der Waals surface area contributed by atoms with Gasteiger partial charge in [-0.2, -0.15) is 0 Å². The highest BCUT2D eigenvalue weighted by molar-refractivity contribution is 5.27. The third-order valence-corrected chi connectivity index (χ3v) is 3.48. The molecule has 0 spiro atoms. The molecule has 0 aromatic carbocycles. The van der Waals surface area contributed by atoms with Crippen molar-refractivity contribution < 1.29 is 0 Å². The molecular formula is C14H23N. The number of rotatable bonds is 3. The molecule has 1 aliphatic carbocycles. The van der Waals surface area contributed by atoms with Crippen molar-refractivity contribution in [2.24, 2.45) is 17.6 Å². The monoisotopic (exact) mass is 205 g/mol. The van der Waals surface area contributed by atoms with Crippen molar-refractivity contribution in [1.29, 1.82) is 0 Å². The van der Waals surface area contributed by atoms with Gasteiger partial charge in [-0.25, -0.2) is 0 Å². The molecule has 0 heterocycles. The van der Waals surface area contributed by atoms with E-state index in [4.69, 9.17) is 5.73 Å². The molecule has 2 unspecified atom stereocenters. The minimum absolute atomic E-state index is 0.208. The molecule has 1 aliphatic rings. The molecule has 15 heavy (non-hydrogen) atoms. The van der Waals surface area contributed by atoms with E-state index in [1.54, 1.807) is 0 Å². The van der Waals surface area contributed by atoms with Gasteiger partial charge in [-0.1, -0.05) is 49.8 Å². The highest BCUT2D eigenvalue weighted by atomic mass is 14.8. The van der Waals surface area contributed by atoms with E-state index in [0.29, 0.717) is 11.8 Å². The van der Waals surface area contributed by atoms with Gasteiger partial charge in [-0.15, -0.1) is 0 Å². The second-order valence-corrected chi connectivity index (χ2v) is 4.78. The molecule has 0 aromatic rings. The first-order chi connectivity index (χ1) is 7.02. The first kappa shape index (κ1) is 12.3. The van der Waals surface area contributed by atoms with Crippen molar-refractivity contribution in [1.82, 2.24) is 0 Å². The summed E-state index contributed by atoms with van der Waals surface area (Å²) in [6.07, 6.45) is 11.8. The SMILES string of the molecule is CC=CC(N)(C(C)C)C1CC=CC=C1C. The van der Waals surface area contributed by atoms with Gasteiger partial charge in [0.05, 0.1) is 0 Å². The lowest BCUT2D eigenvalue weighted by atomic mass is 9.70. The fourth-order valence-corrected chi connectivity index (χ4v) is 2.33. The average Bonchev–Trinajstić information content (AvgIpc) is 2.18. The summed E-state index contributed by atoms with van der Waals surface area (Å²) >= 11 is 0. The van der Waals surface area contributed by atoms with Crippen molar-refractivity contribution in [3.8, 4) is 0 Å². The van der Waals surface area contributed by atoms with Crippen LogP contribution < -0.4 is 5.73 Å². The Kier molecular flexibility index (Phi) is 3.92. The summed E-state index contributed by atoms with van der Waals surface area (Å²) in [6, 6.07) is 0. The fourth-order valence-electron chi connectivity index (χ4n) is 2.33. The van der Waals surface area contributed by atoms with E-state index in [0.717, 1.165) is 6.42 Å². The molecule has 0 fully saturated rings. The molecule has 0 saturated heterocycles. The first-order valence-electron chi connectivity index (χ1n) is 5.78. The van der Waals surface area contributed by atoms with Crippen LogP contribution in [0, 0.1) is 11.8 Å². The molecule has 1 nitrogen and oxygen atoms in total. The van der Waals surface area contributed by atoms with Gasteiger partial charge in [0.2, 0.25) is 0 Å². The van der Waals surface area contributed by atoms with Crippen LogP contribution in [0.15, 0.2) is 36.0 Å². The van der Waals surface area contributed by atoms with Gasteiger partial charge in [0.25, 0.3) is 0 Å². The molecular weight excluding hydrogens is 182 g/mol. The standard InChI is InChI=1S/C14H23N/c1-5-10-14(15,11(2)3)13-9-7-6-8-12(13)4/h5-8,10-11,13H,9,15H2,1-4H3. The van der Waals surface area contributed by atoms with Crippen LogP contribution in [0.1, 0.15) is 34.1 Å². The van der Waals surface area contributed by atoms with Gasteiger partial charge >= 0.3 is 0 Å². The summed E-state index contributed by atoms with van der Waals surface area (Å²) in [5.74, 6) is 0.896. The third-order valence-electron chi connectivity index (χ3n) is 3.48. The molecule has 1 rings (SSSR count). The van der Waals surface area contributed by atoms with Gasteiger partial charge in [-0.05, 0) is 26.2 Å². The van der Waals surface area contributed by atoms with Crippen molar-refractivity contribution in [3.63, 3.8) is 0 Å². The second kappa shape index (κ2) is 4.80. The van der Waals surface area contributed by atoms with Gasteiger partial charge in [0.15, 0.2) is 0 Å². The molecule has 0 radical (unpaired) electrons. The molecule has 2 N–H and O–H groups in total. The molecule has 0 saturated carbocycles. The quantitative estimate of drug-likeness (QED) is 0.702. The second-order valence-electron chi connectivity index (χ2n) is 4.78. The largest absolute Gasteiger partial charge is 0.321 e. The van der Waals surface area contributed by atoms with Crippen molar-refractivity contribution >= 4 is 0 Å². The molecule has 2 atom stereocenters. The Labute approximate surface area is 93.7 Å². The smallest absolute Gasteiger partial charge is 0.0431 e. The maximum absolute atomic E-state index is 6.55. The highest BCUT2D eigenvalue weighted by Crippen LogP contribution is 2.35. The van der Waals surface area contributed by atoms with E-state index in [1.807, 2.05) is 6.92 Å². The van der Waals surface area contributed by atoms with E-state index in [1.165, 1.54) is 5.57 Å². The predicted molar refractivity (Wildman–Crippen MR) is 67.6 cm³/mol. The maximum atomic E-state index is 6.55. The Bertz CT molecular complexity index is 296. The van der Waals surface area contributed by atoms with Crippen LogP contribution in [0.2, 0.25) is 0 Å². The van der Waals surface area contributed by atoms with E-state index >= 15 is 0 Å². The minimum Gasteiger partial charge on any atom is -0.321 e. The summed E-state index contributed by atoms with van der Waals surface area (Å²) in [5, 5.41) is 0. The Morgan fingerprint density at radius 1 is 1.53 bits per heavy atom. The van der Waals surface area contributed by atoms with Crippen molar-refractivity contribution in [2.75, 3.05) is 0 Å². The molecule has 0 bridgehead atoms. The fraction of sp³-hybridized carbons (Fsp3) is 0.571. The lowest BCUT2D eigenvalue weighted by Gasteiger charge is -2.40. The maximum Gasteiger partial charge on any atom is 0.0431 e. The summed E-state index contributed by atoms with van der Waals surface area (Å²) in [4.78, 5) is 0. The summed E-state index contributed by atoms with van der Waals surface area (Å²) in [7, 11) is 0. The molecule has 0 amide bonds. The molecule has 84 valence electrons. The van der Waals surface area contributed by atoms with Crippen LogP contribution in [0.4, 0.5) is 0 Å². The van der Waals surface area contributed by atoms with Gasteiger partial charge in [0.1, 0.15) is 0 Å². The molecule has 0 aromatic heterocycles. The van der Waals surface area contributed by atoms with Crippen LogP contribution in [0.5, 0.6) is 0 Å². The Hall–Kier alpha value is -0.820. The number of hydrogen-bond donors (Lipinski definition) is 1. The van der Waals surface area contributed by atoms with E-state index in [-0.39, 0.29) is 5.54 Å². The van der Waals surface area contributed by atoms with E-state index in [2.05, 4.69) is 51.2 Å². The number of allylic oxidation sites excluding steroid dienone is 4.